The van der Waals surface area contributed by atoms with Crippen molar-refractivity contribution in [1.82, 2.24) is 0 Å². The number of alkyl halides is 16. The van der Waals surface area contributed by atoms with Gasteiger partial charge >= 0.3 is 48.9 Å². The Kier molecular flexibility index (Phi) is 30.0. The van der Waals surface area contributed by atoms with E-state index in [1.54, 1.807) is 0 Å². The second-order valence-electron chi connectivity index (χ2n) is 13.7. The fourth-order valence-corrected chi connectivity index (χ4v) is 4.05. The minimum absolute atomic E-state index is 0.0799. The smallest absolute Gasteiger partial charge is 0.396 e. The summed E-state index contributed by atoms with van der Waals surface area (Å²) in [6, 6.07) is 0. The molecule has 4 atom stereocenters. The van der Waals surface area contributed by atoms with Crippen LogP contribution < -0.4 is 0 Å². The van der Waals surface area contributed by atoms with E-state index in [4.69, 9.17) is 29.2 Å². The quantitative estimate of drug-likeness (QED) is 0.0337. The molecule has 0 aromatic carbocycles. The molecule has 19 nitrogen and oxygen atoms in total. The average Bonchev–Trinajstić information content (AvgIpc) is 3.16. The Morgan fingerprint density at radius 3 is 0.647 bits per heavy atom. The van der Waals surface area contributed by atoms with E-state index >= 15 is 0 Å². The van der Waals surface area contributed by atoms with E-state index < -0.39 is 159 Å². The van der Waals surface area contributed by atoms with Crippen LogP contribution in [0.1, 0.15) is 12.8 Å². The van der Waals surface area contributed by atoms with Gasteiger partial charge in [0.25, 0.3) is 0 Å². The molecular formula is C33H52F16O19. The van der Waals surface area contributed by atoms with Gasteiger partial charge in [-0.1, -0.05) is 0 Å². The summed E-state index contributed by atoms with van der Waals surface area (Å²) in [5.74, 6) is 0. The molecule has 0 aliphatic rings. The van der Waals surface area contributed by atoms with Gasteiger partial charge in [-0.25, -0.2) is 18.9 Å². The first kappa shape index (κ1) is 66.1. The number of aliphatic hydroxyl groups excluding tert-OH is 7. The molecule has 0 bridgehead atoms. The van der Waals surface area contributed by atoms with Crippen LogP contribution >= 0.6 is 0 Å². The lowest BCUT2D eigenvalue weighted by Gasteiger charge is -2.31. The summed E-state index contributed by atoms with van der Waals surface area (Å²) in [7, 11) is 0. The highest BCUT2D eigenvalue weighted by Gasteiger charge is 2.68. The van der Waals surface area contributed by atoms with Crippen molar-refractivity contribution in [3.8, 4) is 0 Å². The monoisotopic (exact) mass is 1060 g/mol. The molecule has 0 rings (SSSR count). The molecule has 0 saturated heterocycles. The van der Waals surface area contributed by atoms with Crippen LogP contribution in [0.3, 0.4) is 0 Å². The fourth-order valence-electron chi connectivity index (χ4n) is 4.05. The first-order valence-electron chi connectivity index (χ1n) is 19.2. The van der Waals surface area contributed by atoms with Crippen molar-refractivity contribution in [3.05, 3.63) is 0 Å². The Balaban J connectivity index is 4.79. The van der Waals surface area contributed by atoms with Gasteiger partial charge in [-0.3, -0.25) is 0 Å². The van der Waals surface area contributed by atoms with Gasteiger partial charge in [0, 0.05) is 26.4 Å². The molecule has 0 aromatic heterocycles. The number of aliphatic hydroxyl groups is 7. The van der Waals surface area contributed by atoms with Crippen LogP contribution in [-0.4, -0.2) is 234 Å². The maximum Gasteiger partial charge on any atom is 0.453 e. The van der Waals surface area contributed by atoms with E-state index in [1.807, 2.05) is 0 Å². The topological polar surface area (TPSA) is 252 Å². The van der Waals surface area contributed by atoms with Gasteiger partial charge in [-0.2, -0.15) is 70.2 Å². The second-order valence-corrected chi connectivity index (χ2v) is 13.7. The lowest BCUT2D eigenvalue weighted by atomic mass is 10.4. The molecule has 68 heavy (non-hydrogen) atoms. The Labute approximate surface area is 374 Å². The zero-order valence-corrected chi connectivity index (χ0v) is 35.1. The summed E-state index contributed by atoms with van der Waals surface area (Å²) in [4.78, 5) is 0. The molecule has 35 heteroatoms. The molecule has 0 saturated carbocycles. The number of ether oxygens (including phenoxy) is 12. The number of rotatable bonds is 44. The lowest BCUT2D eigenvalue weighted by molar-refractivity contribution is -0.516. The molecule has 410 valence electrons. The van der Waals surface area contributed by atoms with E-state index in [9.17, 15) is 95.8 Å². The van der Waals surface area contributed by atoms with Crippen LogP contribution in [-0.2, 0) is 56.8 Å². The molecule has 0 heterocycles. The van der Waals surface area contributed by atoms with Crippen molar-refractivity contribution in [2.75, 3.05) is 119 Å². The highest BCUT2D eigenvalue weighted by Crippen LogP contribution is 2.44. The van der Waals surface area contributed by atoms with Crippen LogP contribution in [0.15, 0.2) is 0 Å². The van der Waals surface area contributed by atoms with Crippen molar-refractivity contribution in [1.29, 1.82) is 0 Å². The average molecular weight is 1060 g/mol. The molecule has 0 aliphatic heterocycles. The Bertz CT molecular complexity index is 1230. The molecular weight excluding hydrogens is 1000 g/mol. The van der Waals surface area contributed by atoms with Gasteiger partial charge in [0.15, 0.2) is 0 Å². The summed E-state index contributed by atoms with van der Waals surface area (Å²) in [5, 5.41) is 65.2. The molecule has 0 amide bonds. The van der Waals surface area contributed by atoms with Crippen molar-refractivity contribution in [3.63, 3.8) is 0 Å². The standard InChI is InChI=1S/C33H52F16O19/c34-26(35,17-61-13-23(54)11-59-9-21(52)7-57-5-1-3-50)65-30(42,43)32(46,47)67-28(38,39)19-63-15-25(56)16-64-20-29(40,41)68-33(48,49)31(44,45)66-27(36,37)18-62-14-24(55)12-60-10-22(53)8-58-6-2-4-51/h21-25,50-56H,1-20H2. The van der Waals surface area contributed by atoms with Gasteiger partial charge in [0.05, 0.1) is 66.1 Å². The van der Waals surface area contributed by atoms with Gasteiger partial charge in [-0.15, -0.1) is 0 Å². The van der Waals surface area contributed by atoms with Crippen LogP contribution in [0.25, 0.3) is 0 Å². The minimum Gasteiger partial charge on any atom is -0.396 e. The van der Waals surface area contributed by atoms with Crippen LogP contribution in [0.4, 0.5) is 70.2 Å². The van der Waals surface area contributed by atoms with E-state index in [0.29, 0.717) is 0 Å². The maximum absolute atomic E-state index is 13.9. The van der Waals surface area contributed by atoms with Gasteiger partial charge in [-0.05, 0) is 12.8 Å². The molecule has 0 aromatic rings. The lowest BCUT2D eigenvalue weighted by Crippen LogP contribution is -2.53. The number of hydrogen-bond acceptors (Lipinski definition) is 19. The van der Waals surface area contributed by atoms with Crippen molar-refractivity contribution >= 4 is 0 Å². The van der Waals surface area contributed by atoms with Crippen LogP contribution in [0, 0.1) is 0 Å². The molecule has 0 radical (unpaired) electrons. The summed E-state index contributed by atoms with van der Waals surface area (Å²) in [6.07, 6.45) is -56.2. The van der Waals surface area contributed by atoms with E-state index in [1.165, 1.54) is 0 Å². The van der Waals surface area contributed by atoms with Crippen LogP contribution in [0.2, 0.25) is 0 Å². The summed E-state index contributed by atoms with van der Waals surface area (Å²) < 4.78 is 268. The van der Waals surface area contributed by atoms with Crippen molar-refractivity contribution in [2.24, 2.45) is 0 Å². The van der Waals surface area contributed by atoms with E-state index in [-0.39, 0.29) is 52.5 Å². The van der Waals surface area contributed by atoms with Crippen molar-refractivity contribution in [2.45, 2.75) is 92.2 Å². The zero-order valence-electron chi connectivity index (χ0n) is 35.1. The third kappa shape index (κ3) is 30.1. The fraction of sp³-hybridized carbons (Fsp3) is 1.00. The van der Waals surface area contributed by atoms with E-state index in [2.05, 4.69) is 37.9 Å². The predicted molar refractivity (Wildman–Crippen MR) is 184 cm³/mol. The highest BCUT2D eigenvalue weighted by atomic mass is 19.4. The summed E-state index contributed by atoms with van der Waals surface area (Å²) in [5.41, 5.74) is 0. The summed E-state index contributed by atoms with van der Waals surface area (Å²) >= 11 is 0. The highest BCUT2D eigenvalue weighted by molar-refractivity contribution is 4.74. The number of halogens is 16. The molecule has 0 aliphatic carbocycles. The third-order valence-electron chi connectivity index (χ3n) is 6.86. The SMILES string of the molecule is OCCCOCC(O)COCC(O)COCC(F)(F)OC(F)(F)C(F)(F)OC(F)(F)COCC(O)COCC(F)(F)OC(F)(F)C(F)(F)OC(F)(F)COCC(O)COCC(O)COCCCO. The van der Waals surface area contributed by atoms with Gasteiger partial charge < -0.3 is 73.6 Å². The number of hydrogen-bond donors (Lipinski definition) is 7. The third-order valence-corrected chi connectivity index (χ3v) is 6.86. The van der Waals surface area contributed by atoms with Gasteiger partial charge in [0.2, 0.25) is 0 Å². The van der Waals surface area contributed by atoms with Crippen molar-refractivity contribution < 1.29 is 163 Å². The molecule has 4 unspecified atom stereocenters. The summed E-state index contributed by atoms with van der Waals surface area (Å²) in [6.45, 7) is -18.3. The predicted octanol–water partition coefficient (Wildman–Crippen LogP) is 1.50. The first-order valence-corrected chi connectivity index (χ1v) is 19.2. The van der Waals surface area contributed by atoms with E-state index in [0.717, 1.165) is 0 Å². The Morgan fingerprint density at radius 1 is 0.279 bits per heavy atom. The second kappa shape index (κ2) is 30.9. The normalized spacial score (nSPS) is 16.3. The van der Waals surface area contributed by atoms with Gasteiger partial charge in [0.1, 0.15) is 56.9 Å². The molecule has 0 fully saturated rings. The Morgan fingerprint density at radius 2 is 0.456 bits per heavy atom. The maximum atomic E-state index is 13.9. The largest absolute Gasteiger partial charge is 0.453 e. The van der Waals surface area contributed by atoms with Crippen LogP contribution in [0.5, 0.6) is 0 Å². The zero-order chi connectivity index (χ0) is 52.5. The Hall–Kier alpha value is -1.88. The first-order chi connectivity index (χ1) is 31.1. The molecule has 0 spiro atoms. The minimum atomic E-state index is -6.61. The molecule has 7 N–H and O–H groups in total.